The van der Waals surface area contributed by atoms with Crippen LogP contribution in [0.25, 0.3) is 44.2 Å². The number of benzene rings is 3. The van der Waals surface area contributed by atoms with Crippen molar-refractivity contribution in [2.24, 2.45) is 0 Å². The molecule has 43 heavy (non-hydrogen) atoms. The van der Waals surface area contributed by atoms with E-state index < -0.39 is 10.0 Å². The predicted octanol–water partition coefficient (Wildman–Crippen LogP) is 6.39. The number of aliphatic hydroxyl groups is 1. The molecule has 0 saturated carbocycles. The topological polar surface area (TPSA) is 107 Å². The zero-order chi connectivity index (χ0) is 30.1. The molecule has 6 rings (SSSR count). The summed E-state index contributed by atoms with van der Waals surface area (Å²) in [5.41, 5.74) is 6.31. The molecule has 0 aliphatic carbocycles. The fourth-order valence-electron chi connectivity index (χ4n) is 5.35. The quantitative estimate of drug-likeness (QED) is 0.197. The van der Waals surface area contributed by atoms with Gasteiger partial charge < -0.3 is 15.0 Å². The summed E-state index contributed by atoms with van der Waals surface area (Å²) < 4.78 is 28.2. The predicted molar refractivity (Wildman–Crippen MR) is 173 cm³/mol. The number of amides is 1. The van der Waals surface area contributed by atoms with Crippen molar-refractivity contribution in [3.05, 3.63) is 102 Å². The molecule has 0 bridgehead atoms. The third-order valence-electron chi connectivity index (χ3n) is 7.62. The van der Waals surface area contributed by atoms with Crippen molar-refractivity contribution in [1.29, 1.82) is 0 Å². The Balaban J connectivity index is 1.52. The molecule has 0 spiro atoms. The summed E-state index contributed by atoms with van der Waals surface area (Å²) in [5.74, 6) is -0.134. The summed E-state index contributed by atoms with van der Waals surface area (Å²) in [4.78, 5) is 22.8. The van der Waals surface area contributed by atoms with Gasteiger partial charge in [0.2, 0.25) is 0 Å². The van der Waals surface area contributed by atoms with Crippen LogP contribution in [-0.4, -0.2) is 61.0 Å². The zero-order valence-electron chi connectivity index (χ0n) is 23.7. The molecule has 0 atom stereocenters. The number of thiophene rings is 1. The summed E-state index contributed by atoms with van der Waals surface area (Å²) in [7, 11) is -2.14. The molecule has 0 aliphatic heterocycles. The first-order valence-electron chi connectivity index (χ1n) is 13.9. The molecule has 6 aromatic rings. The maximum atomic E-state index is 13.3. The Hall–Kier alpha value is -4.51. The SMILES string of the molecule is CCN(CCO)C(=O)c1ccc(-c2cnc3[nH]c4ccc(N(C)S(=O)(=O)c5cccs5)cc4c3c2-c2ccccc2)cc1. The minimum Gasteiger partial charge on any atom is -0.395 e. The molecule has 2 N–H and O–H groups in total. The Bertz CT molecular complexity index is 2020. The van der Waals surface area contributed by atoms with E-state index in [1.54, 1.807) is 47.7 Å². The Morgan fingerprint density at radius 1 is 0.977 bits per heavy atom. The van der Waals surface area contributed by atoms with Gasteiger partial charge in [0.25, 0.3) is 15.9 Å². The maximum absolute atomic E-state index is 13.3. The van der Waals surface area contributed by atoms with Gasteiger partial charge in [0.05, 0.1) is 12.3 Å². The van der Waals surface area contributed by atoms with Crippen LogP contribution in [0.2, 0.25) is 0 Å². The summed E-state index contributed by atoms with van der Waals surface area (Å²) in [5, 5.41) is 12.8. The first kappa shape index (κ1) is 28.6. The number of aliphatic hydroxyl groups excluding tert-OH is 1. The Morgan fingerprint density at radius 3 is 2.42 bits per heavy atom. The van der Waals surface area contributed by atoms with Crippen LogP contribution in [0, 0.1) is 0 Å². The number of nitrogens with one attached hydrogen (secondary N) is 1. The fraction of sp³-hybridized carbons (Fsp3) is 0.152. The van der Waals surface area contributed by atoms with E-state index in [2.05, 4.69) is 4.98 Å². The second kappa shape index (κ2) is 11.6. The van der Waals surface area contributed by atoms with E-state index in [1.807, 2.05) is 67.7 Å². The Labute approximate surface area is 253 Å². The van der Waals surface area contributed by atoms with E-state index in [-0.39, 0.29) is 23.3 Å². The minimum atomic E-state index is -3.71. The lowest BCUT2D eigenvalue weighted by Gasteiger charge is -2.20. The normalized spacial score (nSPS) is 11.7. The summed E-state index contributed by atoms with van der Waals surface area (Å²) in [6.45, 7) is 2.58. The van der Waals surface area contributed by atoms with Gasteiger partial charge in [0.1, 0.15) is 9.86 Å². The van der Waals surface area contributed by atoms with Crippen LogP contribution >= 0.6 is 11.3 Å². The number of H-pyrrole nitrogens is 1. The van der Waals surface area contributed by atoms with E-state index in [1.165, 1.54) is 15.6 Å². The Kier molecular flexibility index (Phi) is 7.74. The highest BCUT2D eigenvalue weighted by Gasteiger charge is 2.24. The van der Waals surface area contributed by atoms with E-state index >= 15 is 0 Å². The van der Waals surface area contributed by atoms with Crippen molar-refractivity contribution in [2.45, 2.75) is 11.1 Å². The molecule has 0 unspecified atom stereocenters. The number of carbonyl (C=O) groups is 1. The van der Waals surface area contributed by atoms with Crippen LogP contribution in [0.4, 0.5) is 5.69 Å². The lowest BCUT2D eigenvalue weighted by Crippen LogP contribution is -2.33. The lowest BCUT2D eigenvalue weighted by atomic mass is 9.92. The number of nitrogens with zero attached hydrogens (tertiary/aromatic N) is 3. The Morgan fingerprint density at radius 2 is 1.74 bits per heavy atom. The van der Waals surface area contributed by atoms with Gasteiger partial charge in [0.15, 0.2) is 0 Å². The van der Waals surface area contributed by atoms with E-state index in [0.29, 0.717) is 23.4 Å². The minimum absolute atomic E-state index is 0.0914. The van der Waals surface area contributed by atoms with Crippen LogP contribution in [0.15, 0.2) is 101 Å². The molecular weight excluding hydrogens is 581 g/mol. The number of rotatable bonds is 9. The van der Waals surface area contributed by atoms with Crippen molar-refractivity contribution in [1.82, 2.24) is 14.9 Å². The molecule has 3 heterocycles. The monoisotopic (exact) mass is 610 g/mol. The summed E-state index contributed by atoms with van der Waals surface area (Å²) in [6.07, 6.45) is 1.83. The second-order valence-corrected chi connectivity index (χ2v) is 13.2. The molecule has 0 saturated heterocycles. The highest BCUT2D eigenvalue weighted by Crippen LogP contribution is 2.41. The number of hydrogen-bond donors (Lipinski definition) is 2. The molecule has 1 amide bonds. The third-order valence-corrected chi connectivity index (χ3v) is 10.8. The number of fused-ring (bicyclic) bond motifs is 3. The number of hydrogen-bond acceptors (Lipinski definition) is 6. The molecule has 0 radical (unpaired) electrons. The average Bonchev–Trinajstić information content (AvgIpc) is 3.72. The number of carbonyl (C=O) groups excluding carboxylic acids is 1. The number of anilines is 1. The largest absolute Gasteiger partial charge is 0.395 e. The number of pyridine rings is 1. The van der Waals surface area contributed by atoms with Crippen LogP contribution in [-0.2, 0) is 10.0 Å². The fourth-order valence-corrected chi connectivity index (χ4v) is 7.69. The molecule has 218 valence electrons. The molecule has 8 nitrogen and oxygen atoms in total. The van der Waals surface area contributed by atoms with E-state index in [4.69, 9.17) is 4.98 Å². The zero-order valence-corrected chi connectivity index (χ0v) is 25.3. The first-order valence-corrected chi connectivity index (χ1v) is 16.2. The third kappa shape index (κ3) is 5.18. The van der Waals surface area contributed by atoms with Gasteiger partial charge in [-0.05, 0) is 59.8 Å². The van der Waals surface area contributed by atoms with Crippen LogP contribution in [0.3, 0.4) is 0 Å². The molecule has 0 aliphatic rings. The number of sulfonamides is 1. The van der Waals surface area contributed by atoms with Gasteiger partial charge in [0, 0.05) is 59.3 Å². The average molecular weight is 611 g/mol. The summed E-state index contributed by atoms with van der Waals surface area (Å²) >= 11 is 1.19. The molecule has 10 heteroatoms. The number of likely N-dealkylation sites (N-methyl/N-ethyl adjacent to an activating group) is 1. The van der Waals surface area contributed by atoms with Gasteiger partial charge in [-0.15, -0.1) is 11.3 Å². The van der Waals surface area contributed by atoms with Gasteiger partial charge in [-0.1, -0.05) is 48.5 Å². The standard InChI is InChI=1S/C33H30N4O4S2/c1-3-37(17-18-38)33(39)24-13-11-22(12-14-24)27-21-34-32-31(30(27)23-8-5-4-6-9-23)26-20-25(15-16-28(26)35-32)36(2)43(40,41)29-10-7-19-42-29/h4-16,19-21,38H,3,17-18H2,1-2H3,(H,34,35). The van der Waals surface area contributed by atoms with E-state index in [0.717, 1.165) is 38.5 Å². The molecule has 3 aromatic carbocycles. The van der Waals surface area contributed by atoms with Gasteiger partial charge in [-0.2, -0.15) is 0 Å². The highest BCUT2D eigenvalue weighted by atomic mass is 32.2. The number of aromatic nitrogens is 2. The number of aromatic amines is 1. The van der Waals surface area contributed by atoms with E-state index in [9.17, 15) is 18.3 Å². The van der Waals surface area contributed by atoms with Crippen molar-refractivity contribution >= 4 is 54.9 Å². The first-order chi connectivity index (χ1) is 20.8. The summed E-state index contributed by atoms with van der Waals surface area (Å²) in [6, 6.07) is 26.3. The lowest BCUT2D eigenvalue weighted by molar-refractivity contribution is 0.0732. The van der Waals surface area contributed by atoms with Crippen molar-refractivity contribution in [3.8, 4) is 22.3 Å². The smallest absolute Gasteiger partial charge is 0.273 e. The maximum Gasteiger partial charge on any atom is 0.273 e. The van der Waals surface area contributed by atoms with Crippen LogP contribution < -0.4 is 4.31 Å². The second-order valence-electron chi connectivity index (χ2n) is 10.1. The van der Waals surface area contributed by atoms with Gasteiger partial charge in [-0.3, -0.25) is 9.10 Å². The van der Waals surface area contributed by atoms with Crippen LogP contribution in [0.5, 0.6) is 0 Å². The highest BCUT2D eigenvalue weighted by molar-refractivity contribution is 7.94. The van der Waals surface area contributed by atoms with Gasteiger partial charge >= 0.3 is 0 Å². The van der Waals surface area contributed by atoms with Crippen LogP contribution in [0.1, 0.15) is 17.3 Å². The van der Waals surface area contributed by atoms with Gasteiger partial charge in [-0.25, -0.2) is 13.4 Å². The molecule has 3 aromatic heterocycles. The molecule has 0 fully saturated rings. The van der Waals surface area contributed by atoms with Crippen molar-refractivity contribution in [2.75, 3.05) is 31.0 Å². The van der Waals surface area contributed by atoms with Crippen molar-refractivity contribution < 1.29 is 18.3 Å². The van der Waals surface area contributed by atoms with Crippen molar-refractivity contribution in [3.63, 3.8) is 0 Å². The molecular formula is C33H30N4O4S2.